The van der Waals surface area contributed by atoms with Crippen LogP contribution in [0.4, 0.5) is 0 Å². The number of nitrogens with zero attached hydrogens (tertiary/aromatic N) is 4. The number of hydrogen-bond donors (Lipinski definition) is 1. The molecule has 0 bridgehead atoms. The molecule has 48 heavy (non-hydrogen) atoms. The molecule has 3 aromatic heterocycles. The number of aromatic nitrogens is 3. The number of oxazole rings is 1. The molecule has 11 nitrogen and oxygen atoms in total. The number of methoxy groups -OCH3 is 1. The first-order chi connectivity index (χ1) is 23.1. The van der Waals surface area contributed by atoms with Crippen molar-refractivity contribution in [2.75, 3.05) is 20.2 Å². The number of aliphatic hydroxyl groups is 1. The zero-order valence-corrected chi connectivity index (χ0v) is 28.8. The van der Waals surface area contributed by atoms with Crippen molar-refractivity contribution in [1.29, 1.82) is 0 Å². The van der Waals surface area contributed by atoms with Gasteiger partial charge in [-0.3, -0.25) is 14.2 Å². The van der Waals surface area contributed by atoms with Crippen LogP contribution >= 0.6 is 11.3 Å². The van der Waals surface area contributed by atoms with Gasteiger partial charge in [-0.1, -0.05) is 18.2 Å². The van der Waals surface area contributed by atoms with Gasteiger partial charge in [-0.2, -0.15) is 0 Å². The first kappa shape index (κ1) is 32.8. The van der Waals surface area contributed by atoms with Gasteiger partial charge in [0.15, 0.2) is 0 Å². The standard InChI is InChI=1S/C36H44N4O7S/c1-21-29-32(42)40(36(2,3)34(43)38-13-8-5-9-14-38)35(44)39(33(29)48-30(21)31-37-12-15-46-31)20-28(26-10-6-7-11-27(26)45-4)47-25-18-22-16-24(41)17-23(22)19-25/h6-7,10-12,15,22-25,28,41H,5,8-9,13-14,16-20H2,1-4H3/t22-,23+,24?,25?,28?. The summed E-state index contributed by atoms with van der Waals surface area (Å²) in [4.78, 5) is 50.6. The molecule has 4 heterocycles. The molecule has 1 saturated heterocycles. The molecule has 2 saturated carbocycles. The Morgan fingerprint density at radius 2 is 1.81 bits per heavy atom. The fraction of sp³-hybridized carbons (Fsp3) is 0.556. The molecule has 0 spiro atoms. The Balaban J connectivity index is 1.38. The highest BCUT2D eigenvalue weighted by Gasteiger charge is 2.43. The van der Waals surface area contributed by atoms with Crippen molar-refractivity contribution in [1.82, 2.24) is 19.0 Å². The van der Waals surface area contributed by atoms with Gasteiger partial charge in [0.05, 0.1) is 42.3 Å². The topological polar surface area (TPSA) is 129 Å². The predicted octanol–water partition coefficient (Wildman–Crippen LogP) is 5.25. The molecule has 4 aromatic rings. The molecule has 12 heteroatoms. The van der Waals surface area contributed by atoms with E-state index in [0.717, 1.165) is 55.1 Å². The van der Waals surface area contributed by atoms with Crippen LogP contribution in [0, 0.1) is 18.8 Å². The highest BCUT2D eigenvalue weighted by Crippen LogP contribution is 2.47. The minimum Gasteiger partial charge on any atom is -0.496 e. The van der Waals surface area contributed by atoms with E-state index < -0.39 is 22.9 Å². The number of carbonyl (C=O) groups excluding carboxylic acids is 1. The molecule has 1 aromatic carbocycles. The number of aryl methyl sites for hydroxylation is 1. The molecule has 256 valence electrons. The number of thiophene rings is 1. The first-order valence-electron chi connectivity index (χ1n) is 17.0. The van der Waals surface area contributed by atoms with Gasteiger partial charge in [-0.15, -0.1) is 11.3 Å². The van der Waals surface area contributed by atoms with Crippen molar-refractivity contribution < 1.29 is 23.8 Å². The quantitative estimate of drug-likeness (QED) is 0.255. The van der Waals surface area contributed by atoms with Crippen LogP contribution in [0.3, 0.4) is 0 Å². The summed E-state index contributed by atoms with van der Waals surface area (Å²) in [6.07, 6.45) is 8.18. The second-order valence-electron chi connectivity index (χ2n) is 14.1. The zero-order valence-electron chi connectivity index (χ0n) is 28.0. The summed E-state index contributed by atoms with van der Waals surface area (Å²) in [7, 11) is 1.61. The molecular formula is C36H44N4O7S. The summed E-state index contributed by atoms with van der Waals surface area (Å²) in [5.41, 5.74) is -1.09. The summed E-state index contributed by atoms with van der Waals surface area (Å²) >= 11 is 1.28. The lowest BCUT2D eigenvalue weighted by atomic mass is 10.00. The summed E-state index contributed by atoms with van der Waals surface area (Å²) in [6, 6.07) is 7.64. The smallest absolute Gasteiger partial charge is 0.333 e. The van der Waals surface area contributed by atoms with Crippen molar-refractivity contribution >= 4 is 27.5 Å². The van der Waals surface area contributed by atoms with Crippen molar-refractivity contribution in [3.05, 3.63) is 68.7 Å². The third-order valence-corrected chi connectivity index (χ3v) is 12.0. The number of piperidine rings is 1. The van der Waals surface area contributed by atoms with Crippen LogP contribution in [0.15, 0.2) is 50.7 Å². The second kappa shape index (κ2) is 12.9. The van der Waals surface area contributed by atoms with E-state index in [1.54, 1.807) is 36.6 Å². The summed E-state index contributed by atoms with van der Waals surface area (Å²) in [6.45, 7) is 6.45. The minimum atomic E-state index is -1.44. The van der Waals surface area contributed by atoms with E-state index in [1.807, 2.05) is 31.2 Å². The molecule has 0 radical (unpaired) electrons. The van der Waals surface area contributed by atoms with Gasteiger partial charge in [-0.05, 0) is 89.2 Å². The zero-order chi connectivity index (χ0) is 33.7. The van der Waals surface area contributed by atoms with Crippen LogP contribution in [-0.4, -0.2) is 62.4 Å². The number of aliphatic hydroxyl groups excluding tert-OH is 1. The monoisotopic (exact) mass is 676 g/mol. The summed E-state index contributed by atoms with van der Waals surface area (Å²) in [5.74, 6) is 1.57. The molecule has 1 aliphatic heterocycles. The van der Waals surface area contributed by atoms with Crippen LogP contribution in [0.2, 0.25) is 0 Å². The van der Waals surface area contributed by atoms with Crippen LogP contribution in [0.5, 0.6) is 5.75 Å². The molecule has 5 atom stereocenters. The van der Waals surface area contributed by atoms with Gasteiger partial charge in [0.1, 0.15) is 28.5 Å². The average Bonchev–Trinajstić information content (AvgIpc) is 3.87. The van der Waals surface area contributed by atoms with Gasteiger partial charge in [0, 0.05) is 18.7 Å². The lowest BCUT2D eigenvalue weighted by Gasteiger charge is -2.35. The molecule has 2 aliphatic carbocycles. The number of ether oxygens (including phenoxy) is 2. The van der Waals surface area contributed by atoms with Gasteiger partial charge < -0.3 is 23.9 Å². The highest BCUT2D eigenvalue weighted by molar-refractivity contribution is 7.22. The maximum absolute atomic E-state index is 14.8. The summed E-state index contributed by atoms with van der Waals surface area (Å²) < 4.78 is 21.1. The van der Waals surface area contributed by atoms with Crippen molar-refractivity contribution in [3.63, 3.8) is 0 Å². The Morgan fingerprint density at radius 1 is 1.10 bits per heavy atom. The number of hydrogen-bond acceptors (Lipinski definition) is 9. The SMILES string of the molecule is COc1ccccc1C(Cn1c(=O)n(C(C)(C)C(=O)N2CCCCC2)c(=O)c2c(C)c(-c3ncco3)sc21)OC1C[C@H]2CC(O)C[C@H]2C1. The summed E-state index contributed by atoms with van der Waals surface area (Å²) in [5, 5.41) is 10.6. The number of benzene rings is 1. The third-order valence-electron chi connectivity index (χ3n) is 10.7. The lowest BCUT2D eigenvalue weighted by molar-refractivity contribution is -0.140. The molecule has 3 aliphatic rings. The minimum absolute atomic E-state index is 0.0652. The van der Waals surface area contributed by atoms with Crippen LogP contribution < -0.4 is 16.0 Å². The predicted molar refractivity (Wildman–Crippen MR) is 182 cm³/mol. The van der Waals surface area contributed by atoms with Crippen molar-refractivity contribution in [2.45, 2.75) is 96.1 Å². The molecule has 1 N–H and O–H groups in total. The Labute approximate surface area is 283 Å². The van der Waals surface area contributed by atoms with Gasteiger partial charge in [0.25, 0.3) is 5.56 Å². The second-order valence-corrected chi connectivity index (χ2v) is 15.1. The molecule has 1 amide bonds. The van der Waals surface area contributed by atoms with Crippen molar-refractivity contribution in [3.8, 4) is 16.5 Å². The van der Waals surface area contributed by atoms with E-state index in [4.69, 9.17) is 13.9 Å². The average molecular weight is 677 g/mol. The number of carbonyl (C=O) groups is 1. The fourth-order valence-electron chi connectivity index (χ4n) is 8.30. The van der Waals surface area contributed by atoms with E-state index in [0.29, 0.717) is 57.2 Å². The Morgan fingerprint density at radius 3 is 2.48 bits per heavy atom. The largest absolute Gasteiger partial charge is 0.496 e. The first-order valence-corrected chi connectivity index (χ1v) is 17.8. The van der Waals surface area contributed by atoms with E-state index in [9.17, 15) is 19.5 Å². The number of amides is 1. The maximum Gasteiger partial charge on any atom is 0.333 e. The number of fused-ring (bicyclic) bond motifs is 2. The molecular weight excluding hydrogens is 632 g/mol. The van der Waals surface area contributed by atoms with Crippen LogP contribution in [0.25, 0.3) is 21.0 Å². The van der Waals surface area contributed by atoms with Crippen LogP contribution in [0.1, 0.15) is 76.0 Å². The fourth-order valence-corrected chi connectivity index (χ4v) is 9.55. The van der Waals surface area contributed by atoms with E-state index in [1.165, 1.54) is 17.6 Å². The Hall–Kier alpha value is -3.74. The van der Waals surface area contributed by atoms with E-state index in [2.05, 4.69) is 4.98 Å². The van der Waals surface area contributed by atoms with Crippen LogP contribution in [-0.2, 0) is 21.6 Å². The molecule has 7 rings (SSSR count). The van der Waals surface area contributed by atoms with Gasteiger partial charge >= 0.3 is 5.69 Å². The Kier molecular flexibility index (Phi) is 8.84. The third kappa shape index (κ3) is 5.71. The maximum atomic E-state index is 14.8. The number of likely N-dealkylation sites (tertiary alicyclic amines) is 1. The molecule has 3 unspecified atom stereocenters. The number of rotatable bonds is 9. The normalized spacial score (nSPS) is 23.5. The molecule has 3 fully saturated rings. The number of para-hydroxylation sites is 1. The van der Waals surface area contributed by atoms with Gasteiger partial charge in [0.2, 0.25) is 11.8 Å². The van der Waals surface area contributed by atoms with Gasteiger partial charge in [-0.25, -0.2) is 14.3 Å². The lowest BCUT2D eigenvalue weighted by Crippen LogP contribution is -2.57. The van der Waals surface area contributed by atoms with Crippen molar-refractivity contribution in [2.24, 2.45) is 11.8 Å². The Bertz CT molecular complexity index is 1910. The highest BCUT2D eigenvalue weighted by atomic mass is 32.1. The van der Waals surface area contributed by atoms with E-state index >= 15 is 0 Å². The van der Waals surface area contributed by atoms with E-state index in [-0.39, 0.29) is 24.7 Å².